The number of hydrogen-bond donors (Lipinski definition) is 0. The molecule has 3 aromatic carbocycles. The molecule has 0 amide bonds. The van der Waals surface area contributed by atoms with Gasteiger partial charge in [-0.1, -0.05) is 52.7 Å². The van der Waals surface area contributed by atoms with Gasteiger partial charge in [-0.2, -0.15) is 14.6 Å². The minimum atomic E-state index is -0.266. The van der Waals surface area contributed by atoms with Gasteiger partial charge in [-0.3, -0.25) is 4.79 Å². The molecule has 0 spiro atoms. The number of fused-ring (bicyclic) bond motifs is 1. The molecule has 6 aromatic rings. The molecule has 0 fully saturated rings. The minimum absolute atomic E-state index is 0.0788. The van der Waals surface area contributed by atoms with Crippen molar-refractivity contribution >= 4 is 45.6 Å². The number of hydrogen-bond acceptors (Lipinski definition) is 6. The van der Waals surface area contributed by atoms with Crippen molar-refractivity contribution in [1.29, 1.82) is 0 Å². The van der Waals surface area contributed by atoms with Gasteiger partial charge in [0.15, 0.2) is 5.82 Å². The molecule has 3 heterocycles. The molecule has 39 heavy (non-hydrogen) atoms. The number of para-hydroxylation sites is 1. The fraction of sp³-hybridized carbons (Fsp3) is 0.103. The van der Waals surface area contributed by atoms with Gasteiger partial charge in [-0.25, -0.2) is 4.68 Å². The summed E-state index contributed by atoms with van der Waals surface area (Å²) in [6.07, 6.45) is 3.82. The first-order valence-corrected chi connectivity index (χ1v) is 13.7. The molecule has 194 valence electrons. The number of ether oxygens (including phenoxy) is 1. The SMILES string of the molecule is CC(C)Oc1ccc(-c2nn(-c3ccccc3)cc2/C=c2\sc3nc(-c4ccc(Cl)cc4Cl)nn3c2=O)cc1. The fourth-order valence-corrected chi connectivity index (χ4v) is 5.55. The van der Waals surface area contributed by atoms with Crippen LogP contribution < -0.4 is 14.8 Å². The van der Waals surface area contributed by atoms with E-state index in [-0.39, 0.29) is 11.7 Å². The Balaban J connectivity index is 1.45. The van der Waals surface area contributed by atoms with Crippen LogP contribution in [-0.2, 0) is 0 Å². The Bertz CT molecular complexity index is 1910. The normalized spacial score (nSPS) is 12.1. The monoisotopic (exact) mass is 573 g/mol. The zero-order valence-electron chi connectivity index (χ0n) is 20.9. The van der Waals surface area contributed by atoms with Gasteiger partial charge in [-0.05, 0) is 74.5 Å². The molecule has 0 aliphatic heterocycles. The molecule has 3 aromatic heterocycles. The predicted molar refractivity (Wildman–Crippen MR) is 156 cm³/mol. The Morgan fingerprint density at radius 3 is 2.44 bits per heavy atom. The molecule has 0 radical (unpaired) electrons. The number of thiazole rings is 1. The van der Waals surface area contributed by atoms with E-state index in [0.717, 1.165) is 28.3 Å². The molecule has 7 nitrogen and oxygen atoms in total. The number of nitrogens with zero attached hydrogens (tertiary/aromatic N) is 5. The average molecular weight is 574 g/mol. The van der Waals surface area contributed by atoms with Crippen molar-refractivity contribution in [2.45, 2.75) is 20.0 Å². The summed E-state index contributed by atoms with van der Waals surface area (Å²) < 4.78 is 9.40. The molecule has 0 N–H and O–H groups in total. The molecule has 0 aliphatic carbocycles. The van der Waals surface area contributed by atoms with Crippen molar-refractivity contribution in [3.8, 4) is 34.1 Å². The second-order valence-electron chi connectivity index (χ2n) is 9.07. The van der Waals surface area contributed by atoms with E-state index in [2.05, 4.69) is 10.1 Å². The molecular weight excluding hydrogens is 553 g/mol. The van der Waals surface area contributed by atoms with Crippen LogP contribution in [-0.4, -0.2) is 30.5 Å². The quantitative estimate of drug-likeness (QED) is 0.233. The van der Waals surface area contributed by atoms with Crippen LogP contribution in [0.1, 0.15) is 19.4 Å². The van der Waals surface area contributed by atoms with Crippen LogP contribution in [0.15, 0.2) is 83.8 Å². The van der Waals surface area contributed by atoms with E-state index in [1.54, 1.807) is 18.2 Å². The van der Waals surface area contributed by atoms with E-state index in [4.69, 9.17) is 33.0 Å². The lowest BCUT2D eigenvalue weighted by Gasteiger charge is -2.09. The first-order valence-electron chi connectivity index (χ1n) is 12.1. The van der Waals surface area contributed by atoms with Crippen molar-refractivity contribution in [2.75, 3.05) is 0 Å². The maximum atomic E-state index is 13.3. The summed E-state index contributed by atoms with van der Waals surface area (Å²) in [7, 11) is 0. The van der Waals surface area contributed by atoms with Crippen molar-refractivity contribution in [1.82, 2.24) is 24.4 Å². The first kappa shape index (κ1) is 25.3. The standard InChI is InChI=1S/C29H21Cl2N5O2S/c1-17(2)38-22-11-8-18(9-12-22)26-19(16-35(33-26)21-6-4-3-5-7-21)14-25-28(37)36-29(39-25)32-27(34-36)23-13-10-20(30)15-24(23)31/h3-17H,1-2H3/b25-14-. The Kier molecular flexibility index (Phi) is 6.68. The Labute approximate surface area is 237 Å². The van der Waals surface area contributed by atoms with Crippen molar-refractivity contribution in [2.24, 2.45) is 0 Å². The summed E-state index contributed by atoms with van der Waals surface area (Å²) in [6.45, 7) is 3.98. The summed E-state index contributed by atoms with van der Waals surface area (Å²) >= 11 is 13.6. The van der Waals surface area contributed by atoms with Gasteiger partial charge in [0.2, 0.25) is 4.96 Å². The van der Waals surface area contributed by atoms with Crippen molar-refractivity contribution in [3.63, 3.8) is 0 Å². The fourth-order valence-electron chi connectivity index (χ4n) is 4.15. The molecule has 6 rings (SSSR count). The Hall–Kier alpha value is -3.98. The Morgan fingerprint density at radius 2 is 1.74 bits per heavy atom. The van der Waals surface area contributed by atoms with Gasteiger partial charge >= 0.3 is 0 Å². The van der Waals surface area contributed by atoms with Crippen LogP contribution >= 0.6 is 34.5 Å². The van der Waals surface area contributed by atoms with Gasteiger partial charge in [0.05, 0.1) is 21.3 Å². The molecule has 0 saturated carbocycles. The van der Waals surface area contributed by atoms with E-state index in [1.807, 2.05) is 85.4 Å². The summed E-state index contributed by atoms with van der Waals surface area (Å²) in [5.74, 6) is 1.15. The second-order valence-corrected chi connectivity index (χ2v) is 10.9. The third kappa shape index (κ3) is 5.06. The van der Waals surface area contributed by atoms with Crippen LogP contribution in [0.2, 0.25) is 10.0 Å². The van der Waals surface area contributed by atoms with Gasteiger partial charge in [0.1, 0.15) is 11.4 Å². The molecule has 0 atom stereocenters. The molecule has 0 unspecified atom stereocenters. The van der Waals surface area contributed by atoms with E-state index in [1.165, 1.54) is 15.9 Å². The third-order valence-corrected chi connectivity index (χ3v) is 7.41. The van der Waals surface area contributed by atoms with Gasteiger partial charge in [-0.15, -0.1) is 5.10 Å². The maximum absolute atomic E-state index is 13.3. The van der Waals surface area contributed by atoms with Crippen LogP contribution in [0, 0.1) is 0 Å². The topological polar surface area (TPSA) is 74.3 Å². The summed E-state index contributed by atoms with van der Waals surface area (Å²) in [6, 6.07) is 22.7. The summed E-state index contributed by atoms with van der Waals surface area (Å²) in [5.41, 5.74) is 3.68. The van der Waals surface area contributed by atoms with Crippen LogP contribution in [0.25, 0.3) is 39.4 Å². The van der Waals surface area contributed by atoms with Gasteiger partial charge in [0, 0.05) is 27.9 Å². The smallest absolute Gasteiger partial charge is 0.291 e. The molecular formula is C29H21Cl2N5O2S. The number of rotatable bonds is 6. The maximum Gasteiger partial charge on any atom is 0.291 e. The predicted octanol–water partition coefficient (Wildman–Crippen LogP) is 6.31. The highest BCUT2D eigenvalue weighted by Gasteiger charge is 2.16. The van der Waals surface area contributed by atoms with Crippen LogP contribution in [0.3, 0.4) is 0 Å². The second kappa shape index (κ2) is 10.3. The van der Waals surface area contributed by atoms with Crippen LogP contribution in [0.4, 0.5) is 0 Å². The summed E-state index contributed by atoms with van der Waals surface area (Å²) in [4.78, 5) is 18.4. The van der Waals surface area contributed by atoms with E-state index in [9.17, 15) is 4.79 Å². The zero-order valence-corrected chi connectivity index (χ0v) is 23.2. The highest BCUT2D eigenvalue weighted by atomic mass is 35.5. The highest BCUT2D eigenvalue weighted by molar-refractivity contribution is 7.15. The minimum Gasteiger partial charge on any atom is -0.491 e. The lowest BCUT2D eigenvalue weighted by atomic mass is 10.1. The number of halogens is 2. The van der Waals surface area contributed by atoms with E-state index < -0.39 is 0 Å². The highest BCUT2D eigenvalue weighted by Crippen LogP contribution is 2.29. The lowest BCUT2D eigenvalue weighted by Crippen LogP contribution is -2.23. The summed E-state index contributed by atoms with van der Waals surface area (Å²) in [5, 5.41) is 10.2. The van der Waals surface area contributed by atoms with E-state index >= 15 is 0 Å². The molecule has 0 aliphatic rings. The number of benzene rings is 3. The zero-order chi connectivity index (χ0) is 27.1. The van der Waals surface area contributed by atoms with E-state index in [0.29, 0.717) is 30.9 Å². The third-order valence-electron chi connectivity index (χ3n) is 5.90. The number of aromatic nitrogens is 5. The largest absolute Gasteiger partial charge is 0.491 e. The van der Waals surface area contributed by atoms with Crippen LogP contribution in [0.5, 0.6) is 5.75 Å². The average Bonchev–Trinajstić information content (AvgIpc) is 3.60. The molecule has 0 bridgehead atoms. The van der Waals surface area contributed by atoms with Gasteiger partial charge in [0.25, 0.3) is 5.56 Å². The van der Waals surface area contributed by atoms with Gasteiger partial charge < -0.3 is 4.74 Å². The first-order chi connectivity index (χ1) is 18.9. The van der Waals surface area contributed by atoms with Crippen molar-refractivity contribution < 1.29 is 4.74 Å². The van der Waals surface area contributed by atoms with Crippen molar-refractivity contribution in [3.05, 3.63) is 109 Å². The Morgan fingerprint density at radius 1 is 0.974 bits per heavy atom. The molecule has 0 saturated heterocycles. The molecule has 10 heteroatoms. The lowest BCUT2D eigenvalue weighted by molar-refractivity contribution is 0.242.